The highest BCUT2D eigenvalue weighted by atomic mass is 16.6. The predicted molar refractivity (Wildman–Crippen MR) is 261 cm³/mol. The van der Waals surface area contributed by atoms with Gasteiger partial charge in [-0.2, -0.15) is 0 Å². The number of unbranched alkanes of at least 4 members (excludes halogenated alkanes) is 34. The monoisotopic (exact) mass is 863 g/mol. The van der Waals surface area contributed by atoms with E-state index in [4.69, 9.17) is 14.2 Å². The second-order valence-corrected chi connectivity index (χ2v) is 19.8. The van der Waals surface area contributed by atoms with Gasteiger partial charge >= 0.3 is 17.9 Å². The second-order valence-electron chi connectivity index (χ2n) is 19.8. The zero-order valence-corrected chi connectivity index (χ0v) is 41.8. The first-order valence-electron chi connectivity index (χ1n) is 27.2. The zero-order chi connectivity index (χ0) is 44.7. The van der Waals surface area contributed by atoms with Crippen LogP contribution in [0.15, 0.2) is 0 Å². The molecule has 61 heavy (non-hydrogen) atoms. The highest BCUT2D eigenvalue weighted by molar-refractivity contribution is 5.71. The number of rotatable bonds is 49. The molecule has 0 aliphatic heterocycles. The summed E-state index contributed by atoms with van der Waals surface area (Å²) >= 11 is 0. The third-order valence-corrected chi connectivity index (χ3v) is 12.5. The van der Waals surface area contributed by atoms with E-state index in [1.54, 1.807) is 0 Å². The lowest BCUT2D eigenvalue weighted by atomic mass is 10.0. The molecule has 0 radical (unpaired) electrons. The normalized spacial score (nSPS) is 12.0. The number of esters is 3. The Hall–Kier alpha value is -1.59. The first-order chi connectivity index (χ1) is 29.7. The molecule has 0 aromatic rings. The average molecular weight is 863 g/mol. The summed E-state index contributed by atoms with van der Waals surface area (Å²) in [5.41, 5.74) is 0. The van der Waals surface area contributed by atoms with Crippen molar-refractivity contribution in [3.8, 4) is 0 Å². The van der Waals surface area contributed by atoms with Gasteiger partial charge in [0.1, 0.15) is 13.2 Å². The fraction of sp³-hybridized carbons (Fsp3) is 0.945. The second kappa shape index (κ2) is 47.9. The number of carbonyl (C=O) groups excluding carboxylic acids is 3. The van der Waals surface area contributed by atoms with E-state index in [0.29, 0.717) is 19.3 Å². The van der Waals surface area contributed by atoms with Gasteiger partial charge in [0.05, 0.1) is 0 Å². The molecule has 0 saturated heterocycles. The third kappa shape index (κ3) is 49.3. The largest absolute Gasteiger partial charge is 0.462 e. The molecule has 0 aliphatic carbocycles. The van der Waals surface area contributed by atoms with Crippen molar-refractivity contribution in [2.75, 3.05) is 13.2 Å². The van der Waals surface area contributed by atoms with Crippen molar-refractivity contribution in [1.82, 2.24) is 0 Å². The lowest BCUT2D eigenvalue weighted by molar-refractivity contribution is -0.167. The summed E-state index contributed by atoms with van der Waals surface area (Å²) < 4.78 is 16.8. The molecule has 0 saturated carbocycles. The minimum absolute atomic E-state index is 0.0640. The van der Waals surface area contributed by atoms with E-state index in [0.717, 1.165) is 69.6 Å². The molecule has 362 valence electrons. The summed E-state index contributed by atoms with van der Waals surface area (Å²) in [4.78, 5) is 37.9. The Morgan fingerprint density at radius 1 is 0.311 bits per heavy atom. The van der Waals surface area contributed by atoms with Crippen LogP contribution in [-0.2, 0) is 28.6 Å². The molecule has 6 heteroatoms. The smallest absolute Gasteiger partial charge is 0.306 e. The molecule has 0 unspecified atom stereocenters. The molecular weight excluding hydrogens is 757 g/mol. The van der Waals surface area contributed by atoms with E-state index in [9.17, 15) is 14.4 Å². The van der Waals surface area contributed by atoms with Gasteiger partial charge in [0.15, 0.2) is 6.10 Å². The Balaban J connectivity index is 4.23. The van der Waals surface area contributed by atoms with Crippen LogP contribution in [0.3, 0.4) is 0 Å². The SMILES string of the molecule is CCCCCCCCCCCCCCCCCCC(=O)O[C@H](COC(=O)CCCCCCCCCCCCCCCCCC(C)C)COC(=O)CCCCCCCCC(C)C. The maximum Gasteiger partial charge on any atom is 0.306 e. The van der Waals surface area contributed by atoms with Gasteiger partial charge in [-0.1, -0.05) is 266 Å². The van der Waals surface area contributed by atoms with Crippen molar-refractivity contribution >= 4 is 17.9 Å². The molecule has 0 aromatic heterocycles. The molecule has 0 aliphatic rings. The van der Waals surface area contributed by atoms with Crippen molar-refractivity contribution < 1.29 is 28.6 Å². The fourth-order valence-corrected chi connectivity index (χ4v) is 8.34. The van der Waals surface area contributed by atoms with Gasteiger partial charge < -0.3 is 14.2 Å². The van der Waals surface area contributed by atoms with Crippen LogP contribution in [0.2, 0.25) is 0 Å². The van der Waals surface area contributed by atoms with Crippen LogP contribution in [0, 0.1) is 11.8 Å². The molecule has 0 heterocycles. The Morgan fingerprint density at radius 2 is 0.541 bits per heavy atom. The van der Waals surface area contributed by atoms with E-state index in [-0.39, 0.29) is 31.1 Å². The van der Waals surface area contributed by atoms with Gasteiger partial charge in [0.25, 0.3) is 0 Å². The highest BCUT2D eigenvalue weighted by Crippen LogP contribution is 2.18. The minimum atomic E-state index is -0.762. The van der Waals surface area contributed by atoms with E-state index < -0.39 is 6.10 Å². The van der Waals surface area contributed by atoms with Gasteiger partial charge in [-0.3, -0.25) is 14.4 Å². The highest BCUT2D eigenvalue weighted by Gasteiger charge is 2.19. The molecule has 6 nitrogen and oxygen atoms in total. The van der Waals surface area contributed by atoms with E-state index >= 15 is 0 Å². The summed E-state index contributed by atoms with van der Waals surface area (Å²) in [7, 11) is 0. The van der Waals surface area contributed by atoms with Crippen LogP contribution < -0.4 is 0 Å². The summed E-state index contributed by atoms with van der Waals surface area (Å²) in [6.07, 6.45) is 49.6. The van der Waals surface area contributed by atoms with Crippen molar-refractivity contribution in [3.63, 3.8) is 0 Å². The standard InChI is InChI=1S/C55H106O6/c1-6-7-8-9-10-11-12-13-14-17-21-24-27-30-37-42-47-55(58)61-52(49-60-54(57)46-41-36-32-31-34-39-44-51(4)5)48-59-53(56)45-40-35-29-26-23-20-18-15-16-19-22-25-28-33-38-43-50(2)3/h50-52H,6-49H2,1-5H3/t52-/m1/s1. The first kappa shape index (κ1) is 59.4. The Kier molecular flexibility index (Phi) is 46.6. The summed E-state index contributed by atoms with van der Waals surface area (Å²) in [5, 5.41) is 0. The lowest BCUT2D eigenvalue weighted by Crippen LogP contribution is -2.30. The quantitative estimate of drug-likeness (QED) is 0.0344. The van der Waals surface area contributed by atoms with Crippen molar-refractivity contribution in [2.24, 2.45) is 11.8 Å². The molecule has 0 N–H and O–H groups in total. The summed E-state index contributed by atoms with van der Waals surface area (Å²) in [5.74, 6) is 0.763. The Labute approximate surface area is 380 Å². The minimum Gasteiger partial charge on any atom is -0.462 e. The van der Waals surface area contributed by atoms with Crippen molar-refractivity contribution in [3.05, 3.63) is 0 Å². The molecule has 0 aromatic carbocycles. The number of hydrogen-bond donors (Lipinski definition) is 0. The molecule has 0 bridgehead atoms. The first-order valence-corrected chi connectivity index (χ1v) is 27.2. The van der Waals surface area contributed by atoms with Crippen LogP contribution in [0.4, 0.5) is 0 Å². The van der Waals surface area contributed by atoms with E-state index in [1.165, 1.54) is 193 Å². The third-order valence-electron chi connectivity index (χ3n) is 12.5. The topological polar surface area (TPSA) is 78.9 Å². The number of carbonyl (C=O) groups is 3. The van der Waals surface area contributed by atoms with E-state index in [1.807, 2.05) is 0 Å². The molecule has 0 spiro atoms. The van der Waals surface area contributed by atoms with Crippen LogP contribution in [0.25, 0.3) is 0 Å². The lowest BCUT2D eigenvalue weighted by Gasteiger charge is -2.18. The Morgan fingerprint density at radius 3 is 0.803 bits per heavy atom. The summed E-state index contributed by atoms with van der Waals surface area (Å²) in [6.45, 7) is 11.3. The van der Waals surface area contributed by atoms with Gasteiger partial charge in [0.2, 0.25) is 0 Å². The molecule has 0 rings (SSSR count). The van der Waals surface area contributed by atoms with E-state index in [2.05, 4.69) is 34.6 Å². The molecular formula is C55H106O6. The fourth-order valence-electron chi connectivity index (χ4n) is 8.34. The van der Waals surface area contributed by atoms with Gasteiger partial charge in [-0.25, -0.2) is 0 Å². The summed E-state index contributed by atoms with van der Waals surface area (Å²) in [6, 6.07) is 0. The van der Waals surface area contributed by atoms with Crippen molar-refractivity contribution in [2.45, 2.75) is 310 Å². The van der Waals surface area contributed by atoms with Crippen molar-refractivity contribution in [1.29, 1.82) is 0 Å². The number of ether oxygens (including phenoxy) is 3. The van der Waals surface area contributed by atoms with Crippen LogP contribution in [0.5, 0.6) is 0 Å². The maximum absolute atomic E-state index is 12.8. The van der Waals surface area contributed by atoms with Gasteiger partial charge in [-0.15, -0.1) is 0 Å². The van der Waals surface area contributed by atoms with Gasteiger partial charge in [-0.05, 0) is 31.1 Å². The predicted octanol–water partition coefficient (Wildman–Crippen LogP) is 17.7. The van der Waals surface area contributed by atoms with Gasteiger partial charge in [0, 0.05) is 19.3 Å². The number of hydrogen-bond acceptors (Lipinski definition) is 6. The van der Waals surface area contributed by atoms with Crippen LogP contribution >= 0.6 is 0 Å². The molecule has 1 atom stereocenters. The van der Waals surface area contributed by atoms with Crippen LogP contribution in [0.1, 0.15) is 304 Å². The molecule has 0 amide bonds. The zero-order valence-electron chi connectivity index (χ0n) is 41.8. The average Bonchev–Trinajstić information content (AvgIpc) is 3.23. The Bertz CT molecular complexity index is 931. The molecule has 0 fully saturated rings. The maximum atomic E-state index is 12.8. The van der Waals surface area contributed by atoms with Crippen LogP contribution in [-0.4, -0.2) is 37.2 Å².